The van der Waals surface area contributed by atoms with E-state index >= 15 is 0 Å². The predicted octanol–water partition coefficient (Wildman–Crippen LogP) is 1.53. The molecule has 2 atom stereocenters. The summed E-state index contributed by atoms with van der Waals surface area (Å²) in [6, 6.07) is 0. The Morgan fingerprint density at radius 1 is 1.67 bits per heavy atom. The molecule has 0 spiro atoms. The number of aliphatic hydroxyl groups is 1. The van der Waals surface area contributed by atoms with Crippen LogP contribution in [0.25, 0.3) is 0 Å². The largest absolute Gasteiger partial charge is 0.392 e. The molecule has 0 aliphatic carbocycles. The first-order valence-electron chi connectivity index (χ1n) is 4.68. The topological polar surface area (TPSA) is 29.5 Å². The van der Waals surface area contributed by atoms with Gasteiger partial charge >= 0.3 is 0 Å². The maximum Gasteiger partial charge on any atom is 0.0680 e. The normalized spacial score (nSPS) is 27.0. The van der Waals surface area contributed by atoms with Crippen LogP contribution in [0.5, 0.6) is 0 Å². The number of ether oxygens (including phenoxy) is 1. The van der Waals surface area contributed by atoms with Crippen LogP contribution in [0, 0.1) is 5.92 Å². The SMILES string of the molecule is CCSCC(O)C1CCCOC1. The van der Waals surface area contributed by atoms with Crippen molar-refractivity contribution in [2.75, 3.05) is 24.7 Å². The fraction of sp³-hybridized carbons (Fsp3) is 1.00. The third kappa shape index (κ3) is 3.33. The van der Waals surface area contributed by atoms with Crippen LogP contribution in [0.4, 0.5) is 0 Å². The van der Waals surface area contributed by atoms with Crippen molar-refractivity contribution in [1.29, 1.82) is 0 Å². The van der Waals surface area contributed by atoms with Gasteiger partial charge in [-0.15, -0.1) is 0 Å². The molecule has 1 N–H and O–H groups in total. The van der Waals surface area contributed by atoms with Crippen LogP contribution in [0.2, 0.25) is 0 Å². The second-order valence-corrected chi connectivity index (χ2v) is 4.52. The van der Waals surface area contributed by atoms with Gasteiger partial charge in [0.2, 0.25) is 0 Å². The molecule has 0 bridgehead atoms. The van der Waals surface area contributed by atoms with Gasteiger partial charge in [-0.3, -0.25) is 0 Å². The zero-order chi connectivity index (χ0) is 8.81. The van der Waals surface area contributed by atoms with Crippen molar-refractivity contribution >= 4 is 11.8 Å². The minimum Gasteiger partial charge on any atom is -0.392 e. The third-order valence-electron chi connectivity index (χ3n) is 2.23. The first-order chi connectivity index (χ1) is 5.84. The molecule has 0 radical (unpaired) electrons. The van der Waals surface area contributed by atoms with E-state index in [0.717, 1.165) is 37.6 Å². The zero-order valence-corrected chi connectivity index (χ0v) is 8.48. The summed E-state index contributed by atoms with van der Waals surface area (Å²) in [6.45, 7) is 3.75. The molecule has 0 aromatic carbocycles. The average Bonchev–Trinajstić information content (AvgIpc) is 2.15. The second-order valence-electron chi connectivity index (χ2n) is 3.20. The molecule has 0 saturated carbocycles. The molecule has 12 heavy (non-hydrogen) atoms. The number of rotatable bonds is 4. The third-order valence-corrected chi connectivity index (χ3v) is 3.22. The highest BCUT2D eigenvalue weighted by Gasteiger charge is 2.21. The second kappa shape index (κ2) is 5.84. The van der Waals surface area contributed by atoms with Gasteiger partial charge in [-0.2, -0.15) is 11.8 Å². The van der Waals surface area contributed by atoms with Gasteiger partial charge in [0.05, 0.1) is 12.7 Å². The summed E-state index contributed by atoms with van der Waals surface area (Å²) in [5.41, 5.74) is 0. The Hall–Kier alpha value is 0.270. The van der Waals surface area contributed by atoms with E-state index in [1.807, 2.05) is 0 Å². The molecule has 1 fully saturated rings. The summed E-state index contributed by atoms with van der Waals surface area (Å²) in [7, 11) is 0. The Balaban J connectivity index is 2.15. The van der Waals surface area contributed by atoms with E-state index in [1.54, 1.807) is 11.8 Å². The van der Waals surface area contributed by atoms with Crippen molar-refractivity contribution in [1.82, 2.24) is 0 Å². The first kappa shape index (κ1) is 10.4. The zero-order valence-electron chi connectivity index (χ0n) is 7.66. The van der Waals surface area contributed by atoms with E-state index in [0.29, 0.717) is 5.92 Å². The minimum absolute atomic E-state index is 0.157. The molecule has 2 unspecified atom stereocenters. The summed E-state index contributed by atoms with van der Waals surface area (Å²) >= 11 is 1.80. The molecular weight excluding hydrogens is 172 g/mol. The molecule has 0 amide bonds. The van der Waals surface area contributed by atoms with Gasteiger partial charge in [0, 0.05) is 18.3 Å². The van der Waals surface area contributed by atoms with E-state index in [2.05, 4.69) is 6.92 Å². The van der Waals surface area contributed by atoms with Crippen molar-refractivity contribution < 1.29 is 9.84 Å². The fourth-order valence-electron chi connectivity index (χ4n) is 1.44. The summed E-state index contributed by atoms with van der Waals surface area (Å²) in [4.78, 5) is 0. The molecule has 1 aliphatic rings. The lowest BCUT2D eigenvalue weighted by Gasteiger charge is -2.26. The molecule has 1 saturated heterocycles. The lowest BCUT2D eigenvalue weighted by atomic mass is 9.97. The average molecular weight is 190 g/mol. The van der Waals surface area contributed by atoms with Gasteiger partial charge in [-0.1, -0.05) is 6.92 Å². The van der Waals surface area contributed by atoms with Gasteiger partial charge in [-0.05, 0) is 18.6 Å². The Labute approximate surface area is 78.7 Å². The molecule has 0 aromatic heterocycles. The number of thioether (sulfide) groups is 1. The van der Waals surface area contributed by atoms with Crippen LogP contribution < -0.4 is 0 Å². The first-order valence-corrected chi connectivity index (χ1v) is 5.83. The fourth-order valence-corrected chi connectivity index (χ4v) is 2.19. The summed E-state index contributed by atoms with van der Waals surface area (Å²) in [5.74, 6) is 2.34. The summed E-state index contributed by atoms with van der Waals surface area (Å²) in [5, 5.41) is 9.70. The molecule has 1 rings (SSSR count). The molecule has 72 valence electrons. The highest BCUT2D eigenvalue weighted by atomic mass is 32.2. The van der Waals surface area contributed by atoms with E-state index in [4.69, 9.17) is 4.74 Å². The van der Waals surface area contributed by atoms with E-state index < -0.39 is 0 Å². The monoisotopic (exact) mass is 190 g/mol. The number of hydrogen-bond donors (Lipinski definition) is 1. The van der Waals surface area contributed by atoms with Gasteiger partial charge in [-0.25, -0.2) is 0 Å². The Morgan fingerprint density at radius 2 is 2.50 bits per heavy atom. The molecular formula is C9H18O2S. The van der Waals surface area contributed by atoms with E-state index in [1.165, 1.54) is 0 Å². The van der Waals surface area contributed by atoms with Gasteiger partial charge in [0.15, 0.2) is 0 Å². The lowest BCUT2D eigenvalue weighted by Crippen LogP contribution is -2.30. The van der Waals surface area contributed by atoms with Crippen molar-refractivity contribution in [2.24, 2.45) is 5.92 Å². The Bertz CT molecular complexity index is 113. The van der Waals surface area contributed by atoms with Crippen LogP contribution in [0.3, 0.4) is 0 Å². The minimum atomic E-state index is -0.157. The highest BCUT2D eigenvalue weighted by Crippen LogP contribution is 2.19. The van der Waals surface area contributed by atoms with Crippen LogP contribution in [0.15, 0.2) is 0 Å². The van der Waals surface area contributed by atoms with Gasteiger partial charge < -0.3 is 9.84 Å². The molecule has 0 aromatic rings. The molecule has 1 aliphatic heterocycles. The van der Waals surface area contributed by atoms with Crippen LogP contribution in [-0.2, 0) is 4.74 Å². The highest BCUT2D eigenvalue weighted by molar-refractivity contribution is 7.99. The molecule has 1 heterocycles. The lowest BCUT2D eigenvalue weighted by molar-refractivity contribution is -0.0000336. The van der Waals surface area contributed by atoms with Crippen molar-refractivity contribution in [3.05, 3.63) is 0 Å². The van der Waals surface area contributed by atoms with Crippen molar-refractivity contribution in [3.8, 4) is 0 Å². The smallest absolute Gasteiger partial charge is 0.0680 e. The van der Waals surface area contributed by atoms with Gasteiger partial charge in [0.25, 0.3) is 0 Å². The van der Waals surface area contributed by atoms with Gasteiger partial charge in [0.1, 0.15) is 0 Å². The van der Waals surface area contributed by atoms with E-state index in [-0.39, 0.29) is 6.10 Å². The van der Waals surface area contributed by atoms with E-state index in [9.17, 15) is 5.11 Å². The Morgan fingerprint density at radius 3 is 3.08 bits per heavy atom. The summed E-state index contributed by atoms with van der Waals surface area (Å²) < 4.78 is 5.31. The maximum absolute atomic E-state index is 9.70. The van der Waals surface area contributed by atoms with Crippen molar-refractivity contribution in [2.45, 2.75) is 25.9 Å². The van der Waals surface area contributed by atoms with Crippen LogP contribution in [-0.4, -0.2) is 35.9 Å². The Kier molecular flexibility index (Phi) is 5.04. The number of hydrogen-bond acceptors (Lipinski definition) is 3. The van der Waals surface area contributed by atoms with Crippen LogP contribution in [0.1, 0.15) is 19.8 Å². The predicted molar refractivity (Wildman–Crippen MR) is 52.5 cm³/mol. The molecule has 3 heteroatoms. The number of aliphatic hydroxyl groups excluding tert-OH is 1. The quantitative estimate of drug-likeness (QED) is 0.729. The van der Waals surface area contributed by atoms with Crippen molar-refractivity contribution in [3.63, 3.8) is 0 Å². The summed E-state index contributed by atoms with van der Waals surface area (Å²) in [6.07, 6.45) is 2.08. The van der Waals surface area contributed by atoms with Crippen LogP contribution >= 0.6 is 11.8 Å². The maximum atomic E-state index is 9.70. The molecule has 2 nitrogen and oxygen atoms in total. The standard InChI is InChI=1S/C9H18O2S/c1-2-12-7-9(10)8-4-3-5-11-6-8/h8-10H,2-7H2,1H3.